The number of fused-ring (bicyclic) bond motifs is 1. The van der Waals surface area contributed by atoms with E-state index in [4.69, 9.17) is 14.2 Å². The zero-order valence-corrected chi connectivity index (χ0v) is 23.0. The van der Waals surface area contributed by atoms with Gasteiger partial charge in [-0.05, 0) is 70.7 Å². The summed E-state index contributed by atoms with van der Waals surface area (Å²) in [5, 5.41) is 21.8. The predicted octanol–water partition coefficient (Wildman–Crippen LogP) is 3.63. The minimum absolute atomic E-state index is 0.00734. The number of carbonyl (C=O) groups is 2. The number of ether oxygens (including phenoxy) is 3. The summed E-state index contributed by atoms with van der Waals surface area (Å²) in [5.41, 5.74) is 1.93. The van der Waals surface area contributed by atoms with Gasteiger partial charge in [0.15, 0.2) is 11.5 Å². The first-order chi connectivity index (χ1) is 18.3. The fourth-order valence-corrected chi connectivity index (χ4v) is 5.84. The van der Waals surface area contributed by atoms with Gasteiger partial charge in [0.2, 0.25) is 0 Å². The number of morpholine rings is 1. The number of nitrogens with zero attached hydrogens (tertiary/aromatic N) is 2. The number of hydrogen-bond donors (Lipinski definition) is 2. The van der Waals surface area contributed by atoms with Crippen molar-refractivity contribution in [1.82, 2.24) is 9.80 Å². The number of phenolic OH excluding ortho intramolecular Hbond substituents is 1. The molecule has 202 valence electrons. The first kappa shape index (κ1) is 26.5. The van der Waals surface area contributed by atoms with Crippen molar-refractivity contribution in [3.63, 3.8) is 0 Å². The van der Waals surface area contributed by atoms with Gasteiger partial charge in [-0.15, -0.1) is 0 Å². The van der Waals surface area contributed by atoms with Crippen LogP contribution in [0, 0.1) is 0 Å². The van der Waals surface area contributed by atoms with E-state index in [9.17, 15) is 19.8 Å². The van der Waals surface area contributed by atoms with Crippen LogP contribution in [0.1, 0.15) is 36.1 Å². The summed E-state index contributed by atoms with van der Waals surface area (Å²) in [4.78, 5) is 30.5. The van der Waals surface area contributed by atoms with Crippen molar-refractivity contribution in [2.75, 3.05) is 46.5 Å². The second kappa shape index (κ2) is 11.0. The number of amides is 1. The molecule has 2 saturated heterocycles. The van der Waals surface area contributed by atoms with E-state index in [2.05, 4.69) is 20.8 Å². The van der Waals surface area contributed by atoms with Crippen molar-refractivity contribution in [2.45, 2.75) is 31.9 Å². The molecule has 2 fully saturated rings. The Kier molecular flexibility index (Phi) is 7.65. The molecule has 3 heterocycles. The first-order valence-electron chi connectivity index (χ1n) is 12.7. The number of benzene rings is 2. The maximum atomic E-state index is 13.4. The van der Waals surface area contributed by atoms with Crippen LogP contribution in [0.4, 0.5) is 0 Å². The van der Waals surface area contributed by atoms with Crippen molar-refractivity contribution in [3.05, 3.63) is 57.1 Å². The minimum atomic E-state index is -0.853. The van der Waals surface area contributed by atoms with Gasteiger partial charge in [0.1, 0.15) is 17.6 Å². The van der Waals surface area contributed by atoms with Gasteiger partial charge in [0, 0.05) is 38.2 Å². The van der Waals surface area contributed by atoms with Gasteiger partial charge >= 0.3 is 0 Å². The van der Waals surface area contributed by atoms with Crippen molar-refractivity contribution in [2.24, 2.45) is 0 Å². The molecule has 0 spiro atoms. The maximum Gasteiger partial charge on any atom is 0.295 e. The van der Waals surface area contributed by atoms with Crippen molar-refractivity contribution >= 4 is 33.4 Å². The molecule has 0 unspecified atom stereocenters. The highest BCUT2D eigenvalue weighted by molar-refractivity contribution is 9.10. The zero-order valence-electron chi connectivity index (χ0n) is 21.4. The number of hydrogen-bond acceptors (Lipinski definition) is 8. The van der Waals surface area contributed by atoms with Gasteiger partial charge in [0.25, 0.3) is 11.7 Å². The summed E-state index contributed by atoms with van der Waals surface area (Å²) in [6, 6.07) is 7.68. The number of aliphatic hydroxyl groups excluding tert-OH is 1. The molecule has 3 aliphatic heterocycles. The van der Waals surface area contributed by atoms with Crippen molar-refractivity contribution in [3.8, 4) is 17.2 Å². The van der Waals surface area contributed by atoms with Crippen LogP contribution in [0.15, 0.2) is 40.4 Å². The Hall–Kier alpha value is -3.08. The molecule has 2 N–H and O–H groups in total. The van der Waals surface area contributed by atoms with E-state index in [1.807, 2.05) is 13.0 Å². The number of rotatable bonds is 7. The number of aromatic hydroxyl groups is 1. The molecule has 2 aromatic carbocycles. The lowest BCUT2D eigenvalue weighted by molar-refractivity contribution is -0.140. The molecule has 0 aromatic heterocycles. The quantitative estimate of drug-likeness (QED) is 0.287. The molecule has 0 aliphatic carbocycles. The predicted molar refractivity (Wildman–Crippen MR) is 143 cm³/mol. The number of halogens is 1. The van der Waals surface area contributed by atoms with E-state index in [1.54, 1.807) is 24.3 Å². The van der Waals surface area contributed by atoms with Crippen LogP contribution in [-0.4, -0.2) is 84.3 Å². The van der Waals surface area contributed by atoms with Crippen LogP contribution in [0.25, 0.3) is 5.76 Å². The molecule has 2 atom stereocenters. The highest BCUT2D eigenvalue weighted by atomic mass is 79.9. The van der Waals surface area contributed by atoms with Crippen molar-refractivity contribution < 1.29 is 34.0 Å². The highest BCUT2D eigenvalue weighted by Gasteiger charge is 2.46. The molecule has 0 bridgehead atoms. The average molecular weight is 587 g/mol. The van der Waals surface area contributed by atoms with Crippen molar-refractivity contribution in [1.29, 1.82) is 0 Å². The van der Waals surface area contributed by atoms with Crippen LogP contribution in [0.3, 0.4) is 0 Å². The highest BCUT2D eigenvalue weighted by Crippen LogP contribution is 2.45. The van der Waals surface area contributed by atoms with Gasteiger partial charge in [-0.25, -0.2) is 0 Å². The van der Waals surface area contributed by atoms with E-state index in [0.29, 0.717) is 48.2 Å². The Morgan fingerprint density at radius 1 is 1.16 bits per heavy atom. The summed E-state index contributed by atoms with van der Waals surface area (Å²) in [6.07, 6.45) is 1.37. The lowest BCUT2D eigenvalue weighted by atomic mass is 9.94. The van der Waals surface area contributed by atoms with Crippen LogP contribution < -0.4 is 9.47 Å². The Balaban J connectivity index is 1.54. The molecule has 9 nitrogen and oxygen atoms in total. The number of phenols is 1. The van der Waals surface area contributed by atoms with E-state index in [0.717, 1.165) is 30.9 Å². The third-order valence-corrected chi connectivity index (χ3v) is 7.88. The van der Waals surface area contributed by atoms with Gasteiger partial charge < -0.3 is 29.3 Å². The summed E-state index contributed by atoms with van der Waals surface area (Å²) >= 11 is 3.35. The molecular weight excluding hydrogens is 556 g/mol. The first-order valence-corrected chi connectivity index (χ1v) is 13.5. The number of Topliss-reactive ketones (excluding diaryl/α,β-unsaturated/α-hetero) is 1. The number of likely N-dealkylation sites (tertiary alicyclic amines) is 1. The smallest absolute Gasteiger partial charge is 0.295 e. The van der Waals surface area contributed by atoms with E-state index in [1.165, 1.54) is 12.0 Å². The minimum Gasteiger partial charge on any atom is -0.507 e. The third kappa shape index (κ3) is 5.00. The molecule has 0 radical (unpaired) electrons. The Labute approximate surface area is 229 Å². The SMILES string of the molecule is COc1cc([C@@H]2/C(=C(\O)c3ccc4c(c3)C[C@@H](C)O4)C(=O)C(=O)N2CCCN2CCOCC2)cc(Br)c1O. The second-order valence-electron chi connectivity index (χ2n) is 9.81. The van der Waals surface area contributed by atoms with Gasteiger partial charge in [-0.3, -0.25) is 14.5 Å². The summed E-state index contributed by atoms with van der Waals surface area (Å²) in [6.45, 7) is 6.05. The molecule has 1 amide bonds. The van der Waals surface area contributed by atoms with Crippen LogP contribution >= 0.6 is 15.9 Å². The molecule has 5 rings (SSSR count). The topological polar surface area (TPSA) is 109 Å². The fourth-order valence-electron chi connectivity index (χ4n) is 5.38. The van der Waals surface area contributed by atoms with Crippen LogP contribution in [-0.2, 0) is 20.7 Å². The third-order valence-electron chi connectivity index (χ3n) is 7.27. The zero-order chi connectivity index (χ0) is 27.0. The maximum absolute atomic E-state index is 13.4. The largest absolute Gasteiger partial charge is 0.507 e. The number of aliphatic hydroxyl groups is 1. The van der Waals surface area contributed by atoms with Gasteiger partial charge in [-0.1, -0.05) is 0 Å². The Morgan fingerprint density at radius 2 is 1.92 bits per heavy atom. The summed E-state index contributed by atoms with van der Waals surface area (Å²) in [7, 11) is 1.43. The van der Waals surface area contributed by atoms with Gasteiger partial charge in [0.05, 0.1) is 36.4 Å². The van der Waals surface area contributed by atoms with E-state index < -0.39 is 17.7 Å². The second-order valence-corrected chi connectivity index (χ2v) is 10.7. The molecule has 38 heavy (non-hydrogen) atoms. The molecule has 3 aliphatic rings. The Bertz CT molecular complexity index is 1290. The average Bonchev–Trinajstić information content (AvgIpc) is 3.41. The van der Waals surface area contributed by atoms with Gasteiger partial charge in [-0.2, -0.15) is 0 Å². The fraction of sp³-hybridized carbons (Fsp3) is 0.429. The monoisotopic (exact) mass is 586 g/mol. The Morgan fingerprint density at radius 3 is 2.66 bits per heavy atom. The van der Waals surface area contributed by atoms with E-state index in [-0.39, 0.29) is 28.9 Å². The summed E-state index contributed by atoms with van der Waals surface area (Å²) in [5.74, 6) is -0.798. The molecule has 2 aromatic rings. The summed E-state index contributed by atoms with van der Waals surface area (Å²) < 4.78 is 16.9. The lowest BCUT2D eigenvalue weighted by Gasteiger charge is -2.29. The molecular formula is C28H31BrN2O7. The normalized spacial score (nSPS) is 23.0. The molecule has 0 saturated carbocycles. The lowest BCUT2D eigenvalue weighted by Crippen LogP contribution is -2.39. The number of methoxy groups -OCH3 is 1. The van der Waals surface area contributed by atoms with Crippen LogP contribution in [0.5, 0.6) is 17.2 Å². The number of ketones is 1. The standard InChI is InChI=1S/C28H31BrN2O7/c1-16-12-18-13-17(4-5-21(18)38-16)25(32)23-24(19-14-20(29)26(33)22(15-19)36-2)31(28(35)27(23)34)7-3-6-30-8-10-37-11-9-30/h4-5,13-16,24,32-33H,3,6-12H2,1-2H3/b25-23+/t16-,24-/m1/s1. The van der Waals surface area contributed by atoms with E-state index >= 15 is 0 Å². The number of carbonyl (C=O) groups excluding carboxylic acids is 2. The van der Waals surface area contributed by atoms with Crippen LogP contribution in [0.2, 0.25) is 0 Å². The molecule has 10 heteroatoms.